The number of aromatic nitrogens is 3. The van der Waals surface area contributed by atoms with Crippen LogP contribution in [0.4, 0.5) is 0 Å². The lowest BCUT2D eigenvalue weighted by Crippen LogP contribution is -2.49. The molecule has 0 saturated carbocycles. The number of benzene rings is 1. The number of nitrogens with one attached hydrogen (secondary N) is 1. The molecule has 2 unspecified atom stereocenters. The third-order valence-corrected chi connectivity index (χ3v) is 5.73. The van der Waals surface area contributed by atoms with E-state index in [-0.39, 0.29) is 24.0 Å². The first-order valence-corrected chi connectivity index (χ1v) is 10.0. The Labute approximate surface area is 189 Å². The number of fused-ring (bicyclic) bond motifs is 1. The van der Waals surface area contributed by atoms with Gasteiger partial charge in [0.15, 0.2) is 5.96 Å². The van der Waals surface area contributed by atoms with Gasteiger partial charge in [-0.3, -0.25) is 9.98 Å². The number of likely N-dealkylation sites (tertiary alicyclic amines) is 1. The molecule has 29 heavy (non-hydrogen) atoms. The molecular weight excluding hydrogens is 475 g/mol. The maximum Gasteiger partial charge on any atom is 0.193 e. The molecule has 0 spiro atoms. The first-order chi connectivity index (χ1) is 13.8. The van der Waals surface area contributed by atoms with Crippen molar-refractivity contribution in [2.45, 2.75) is 25.8 Å². The van der Waals surface area contributed by atoms with Crippen molar-refractivity contribution in [3.05, 3.63) is 60.8 Å². The molecule has 1 aliphatic heterocycles. The minimum absolute atomic E-state index is 0. The maximum atomic E-state index is 4.56. The van der Waals surface area contributed by atoms with Gasteiger partial charge in [-0.1, -0.05) is 31.2 Å². The van der Waals surface area contributed by atoms with Crippen LogP contribution in [0.1, 0.15) is 24.9 Å². The lowest BCUT2D eigenvalue weighted by atomic mass is 9.93. The van der Waals surface area contributed by atoms with Crippen molar-refractivity contribution in [1.82, 2.24) is 24.8 Å². The quantitative estimate of drug-likeness (QED) is 0.334. The van der Waals surface area contributed by atoms with Crippen LogP contribution in [0.25, 0.3) is 10.9 Å². The summed E-state index contributed by atoms with van der Waals surface area (Å²) in [6.45, 7) is 5.14. The number of nitrogens with zero attached hydrogens (tertiary/aromatic N) is 5. The number of pyridine rings is 1. The highest BCUT2D eigenvalue weighted by Gasteiger charge is 2.28. The van der Waals surface area contributed by atoms with Crippen molar-refractivity contribution in [1.29, 1.82) is 0 Å². The molecule has 1 N–H and O–H groups in total. The van der Waals surface area contributed by atoms with Crippen molar-refractivity contribution in [3.63, 3.8) is 0 Å². The molecule has 1 fully saturated rings. The third-order valence-electron chi connectivity index (χ3n) is 5.73. The Balaban J connectivity index is 0.00000240. The van der Waals surface area contributed by atoms with E-state index in [1.165, 1.54) is 10.9 Å². The van der Waals surface area contributed by atoms with Gasteiger partial charge in [-0.05, 0) is 30.4 Å². The van der Waals surface area contributed by atoms with Crippen molar-refractivity contribution < 1.29 is 0 Å². The van der Waals surface area contributed by atoms with Crippen LogP contribution in [0.5, 0.6) is 0 Å². The van der Waals surface area contributed by atoms with Gasteiger partial charge in [-0.25, -0.2) is 4.98 Å². The molecule has 1 aliphatic rings. The first-order valence-electron chi connectivity index (χ1n) is 10.0. The Morgan fingerprint density at radius 1 is 1.24 bits per heavy atom. The monoisotopic (exact) mass is 504 g/mol. The normalized spacial score (nSPS) is 19.8. The highest BCUT2D eigenvalue weighted by Crippen LogP contribution is 2.27. The summed E-state index contributed by atoms with van der Waals surface area (Å²) in [6, 6.07) is 10.9. The number of guanidine groups is 1. The van der Waals surface area contributed by atoms with E-state index in [4.69, 9.17) is 0 Å². The summed E-state index contributed by atoms with van der Waals surface area (Å²) in [5.74, 6) is 1.61. The van der Waals surface area contributed by atoms with E-state index in [2.05, 4.69) is 67.1 Å². The summed E-state index contributed by atoms with van der Waals surface area (Å²) < 4.78 is 2.23. The largest absolute Gasteiger partial charge is 0.356 e. The average Bonchev–Trinajstić information content (AvgIpc) is 3.26. The van der Waals surface area contributed by atoms with Gasteiger partial charge < -0.3 is 14.8 Å². The minimum Gasteiger partial charge on any atom is -0.356 e. The van der Waals surface area contributed by atoms with Crippen LogP contribution in [0, 0.1) is 5.92 Å². The number of hydrogen-bond acceptors (Lipinski definition) is 3. The van der Waals surface area contributed by atoms with Crippen LogP contribution in [0.15, 0.2) is 60.2 Å². The van der Waals surface area contributed by atoms with E-state index < -0.39 is 0 Å². The number of rotatable bonds is 4. The van der Waals surface area contributed by atoms with Crippen LogP contribution in [-0.2, 0) is 6.42 Å². The molecule has 7 heteroatoms. The van der Waals surface area contributed by atoms with E-state index in [1.807, 2.05) is 31.8 Å². The fourth-order valence-electron chi connectivity index (χ4n) is 4.11. The molecule has 0 aliphatic carbocycles. The lowest BCUT2D eigenvalue weighted by Gasteiger charge is -2.39. The molecule has 0 radical (unpaired) electrons. The molecule has 3 heterocycles. The second kappa shape index (κ2) is 10.0. The van der Waals surface area contributed by atoms with Crippen LogP contribution in [0.3, 0.4) is 0 Å². The van der Waals surface area contributed by atoms with E-state index in [1.54, 1.807) is 0 Å². The number of piperidine rings is 1. The summed E-state index contributed by atoms with van der Waals surface area (Å²) >= 11 is 0. The van der Waals surface area contributed by atoms with Crippen molar-refractivity contribution in [2.75, 3.05) is 26.7 Å². The summed E-state index contributed by atoms with van der Waals surface area (Å²) in [5.41, 5.74) is 2.36. The molecule has 4 rings (SSSR count). The summed E-state index contributed by atoms with van der Waals surface area (Å²) in [6.07, 6.45) is 9.78. The highest BCUT2D eigenvalue weighted by molar-refractivity contribution is 14.0. The van der Waals surface area contributed by atoms with Crippen molar-refractivity contribution in [3.8, 4) is 0 Å². The molecule has 154 valence electrons. The minimum atomic E-state index is 0. The maximum absolute atomic E-state index is 4.56. The standard InChI is InChI=1S/C22H28N6.HI/c1-17-9-13-27(15-20(17)28-14-12-24-16-28)22(23-2)26-11-8-19-6-3-5-18-7-4-10-25-21(18)19;/h3-7,10,12,14,16-17,20H,8-9,11,13,15H2,1-2H3,(H,23,26);1H. The third kappa shape index (κ3) is 4.88. The van der Waals surface area contributed by atoms with Gasteiger partial charge in [0, 0.05) is 50.7 Å². The fourth-order valence-corrected chi connectivity index (χ4v) is 4.11. The molecule has 2 aromatic heterocycles. The predicted molar refractivity (Wildman–Crippen MR) is 129 cm³/mol. The summed E-state index contributed by atoms with van der Waals surface area (Å²) in [7, 11) is 1.87. The highest BCUT2D eigenvalue weighted by atomic mass is 127. The average molecular weight is 504 g/mol. The zero-order valence-corrected chi connectivity index (χ0v) is 19.4. The first kappa shape index (κ1) is 21.5. The second-order valence-corrected chi connectivity index (χ2v) is 7.51. The molecule has 1 saturated heterocycles. The number of halogens is 1. The molecule has 1 aromatic carbocycles. The van der Waals surface area contributed by atoms with Crippen LogP contribution in [-0.4, -0.2) is 52.1 Å². The molecule has 6 nitrogen and oxygen atoms in total. The summed E-state index contributed by atoms with van der Waals surface area (Å²) in [5, 5.41) is 4.75. The Bertz CT molecular complexity index is 934. The van der Waals surface area contributed by atoms with E-state index in [0.29, 0.717) is 12.0 Å². The van der Waals surface area contributed by atoms with Gasteiger partial charge in [-0.15, -0.1) is 24.0 Å². The van der Waals surface area contributed by atoms with Gasteiger partial charge in [-0.2, -0.15) is 0 Å². The van der Waals surface area contributed by atoms with E-state index in [9.17, 15) is 0 Å². The number of hydrogen-bond donors (Lipinski definition) is 1. The molecular formula is C22H29IN6. The van der Waals surface area contributed by atoms with Crippen molar-refractivity contribution in [2.24, 2.45) is 10.9 Å². The number of imidazole rings is 1. The van der Waals surface area contributed by atoms with E-state index in [0.717, 1.165) is 44.0 Å². The van der Waals surface area contributed by atoms with Crippen LogP contribution in [0.2, 0.25) is 0 Å². The zero-order valence-electron chi connectivity index (χ0n) is 17.0. The molecule has 3 aromatic rings. The predicted octanol–water partition coefficient (Wildman–Crippen LogP) is 3.75. The molecule has 2 atom stereocenters. The topological polar surface area (TPSA) is 58.3 Å². The Hall–Kier alpha value is -2.16. The fraction of sp³-hybridized carbons (Fsp3) is 0.409. The van der Waals surface area contributed by atoms with E-state index >= 15 is 0 Å². The second-order valence-electron chi connectivity index (χ2n) is 7.51. The lowest BCUT2D eigenvalue weighted by molar-refractivity contribution is 0.189. The van der Waals surface area contributed by atoms with Gasteiger partial charge in [0.25, 0.3) is 0 Å². The Morgan fingerprint density at radius 3 is 2.90 bits per heavy atom. The Kier molecular flexibility index (Phi) is 7.46. The van der Waals surface area contributed by atoms with Gasteiger partial charge in [0.1, 0.15) is 0 Å². The van der Waals surface area contributed by atoms with Gasteiger partial charge >= 0.3 is 0 Å². The molecule has 0 amide bonds. The van der Waals surface area contributed by atoms with Crippen LogP contribution >= 0.6 is 24.0 Å². The number of para-hydroxylation sites is 1. The Morgan fingerprint density at radius 2 is 2.10 bits per heavy atom. The van der Waals surface area contributed by atoms with Crippen LogP contribution < -0.4 is 5.32 Å². The SMILES string of the molecule is CN=C(NCCc1cccc2cccnc12)N1CCC(C)C(n2ccnc2)C1.I. The van der Waals surface area contributed by atoms with Crippen molar-refractivity contribution >= 4 is 40.8 Å². The summed E-state index contributed by atoms with van der Waals surface area (Å²) in [4.78, 5) is 15.7. The van der Waals surface area contributed by atoms with Gasteiger partial charge in [0.2, 0.25) is 0 Å². The number of aliphatic imine (C=N–C) groups is 1. The van der Waals surface area contributed by atoms with Gasteiger partial charge in [0.05, 0.1) is 17.9 Å². The smallest absolute Gasteiger partial charge is 0.193 e. The molecule has 0 bridgehead atoms. The zero-order chi connectivity index (χ0) is 19.3.